The third-order valence-electron chi connectivity index (χ3n) is 2.85. The van der Waals surface area contributed by atoms with Gasteiger partial charge in [0.25, 0.3) is 0 Å². The van der Waals surface area contributed by atoms with Gasteiger partial charge in [0.2, 0.25) is 5.91 Å². The number of carbonyl (C=O) groups excluding carboxylic acids is 1. The molecule has 0 aromatic heterocycles. The van der Waals surface area contributed by atoms with E-state index in [0.29, 0.717) is 12.2 Å². The van der Waals surface area contributed by atoms with Gasteiger partial charge in [-0.15, -0.1) is 0 Å². The molecule has 1 heterocycles. The maximum absolute atomic E-state index is 13.4. The van der Waals surface area contributed by atoms with Gasteiger partial charge in [0, 0.05) is 31.2 Å². The highest BCUT2D eigenvalue weighted by Gasteiger charge is 2.30. The van der Waals surface area contributed by atoms with Gasteiger partial charge in [0.15, 0.2) is 0 Å². The Bertz CT molecular complexity index is 496. The maximum atomic E-state index is 13.4. The molecule has 0 saturated carbocycles. The lowest BCUT2D eigenvalue weighted by atomic mass is 10.1. The van der Waals surface area contributed by atoms with E-state index >= 15 is 0 Å². The molecular formula is C12H11FN2O2. The molecule has 1 aliphatic rings. The molecule has 4 nitrogen and oxygen atoms in total. The van der Waals surface area contributed by atoms with Crippen molar-refractivity contribution in [2.24, 2.45) is 5.92 Å². The van der Waals surface area contributed by atoms with Crippen LogP contribution in [0.15, 0.2) is 18.2 Å². The number of halogens is 1. The van der Waals surface area contributed by atoms with Crippen molar-refractivity contribution in [1.82, 2.24) is 0 Å². The maximum Gasteiger partial charge on any atom is 0.227 e. The highest BCUT2D eigenvalue weighted by Crippen LogP contribution is 2.26. The van der Waals surface area contributed by atoms with Crippen LogP contribution >= 0.6 is 0 Å². The number of nitrogens with zero attached hydrogens (tertiary/aromatic N) is 2. The highest BCUT2D eigenvalue weighted by atomic mass is 19.1. The molecular weight excluding hydrogens is 223 g/mol. The lowest BCUT2D eigenvalue weighted by Gasteiger charge is -2.16. The smallest absolute Gasteiger partial charge is 0.227 e. The molecule has 1 aliphatic heterocycles. The summed E-state index contributed by atoms with van der Waals surface area (Å²) in [7, 11) is 0. The Labute approximate surface area is 97.9 Å². The van der Waals surface area contributed by atoms with E-state index < -0.39 is 5.82 Å². The number of hydrogen-bond acceptors (Lipinski definition) is 3. The van der Waals surface area contributed by atoms with Gasteiger partial charge in [-0.3, -0.25) is 4.79 Å². The predicted molar refractivity (Wildman–Crippen MR) is 58.7 cm³/mol. The van der Waals surface area contributed by atoms with Crippen molar-refractivity contribution in [3.63, 3.8) is 0 Å². The minimum Gasteiger partial charge on any atom is -0.396 e. The number of carbonyl (C=O) groups is 1. The van der Waals surface area contributed by atoms with Crippen molar-refractivity contribution in [3.8, 4) is 6.07 Å². The summed E-state index contributed by atoms with van der Waals surface area (Å²) in [5.74, 6) is -0.861. The largest absolute Gasteiger partial charge is 0.396 e. The van der Waals surface area contributed by atoms with Gasteiger partial charge in [0.05, 0.1) is 5.56 Å². The number of nitriles is 1. The zero-order chi connectivity index (χ0) is 12.4. The average Bonchev–Trinajstić information content (AvgIpc) is 2.70. The van der Waals surface area contributed by atoms with Crippen molar-refractivity contribution < 1.29 is 14.3 Å². The summed E-state index contributed by atoms with van der Waals surface area (Å²) in [5.41, 5.74) is 0.390. The predicted octanol–water partition coefficient (Wildman–Crippen LogP) is 1.04. The number of hydrogen-bond donors (Lipinski definition) is 1. The molecule has 88 valence electrons. The highest BCUT2D eigenvalue weighted by molar-refractivity contribution is 5.95. The van der Waals surface area contributed by atoms with Crippen molar-refractivity contribution in [3.05, 3.63) is 29.6 Å². The Hall–Kier alpha value is -1.93. The Balaban J connectivity index is 2.27. The molecule has 1 amide bonds. The second-order valence-corrected chi connectivity index (χ2v) is 4.03. The summed E-state index contributed by atoms with van der Waals surface area (Å²) in [6.07, 6.45) is 0.276. The second-order valence-electron chi connectivity index (χ2n) is 4.03. The topological polar surface area (TPSA) is 64.3 Å². The number of anilines is 1. The van der Waals surface area contributed by atoms with Gasteiger partial charge in [0.1, 0.15) is 11.9 Å². The van der Waals surface area contributed by atoms with E-state index in [2.05, 4.69) is 0 Å². The van der Waals surface area contributed by atoms with E-state index in [9.17, 15) is 9.18 Å². The Morgan fingerprint density at radius 1 is 1.59 bits per heavy atom. The van der Waals surface area contributed by atoms with Crippen LogP contribution in [0.4, 0.5) is 10.1 Å². The fourth-order valence-electron chi connectivity index (χ4n) is 1.92. The van der Waals surface area contributed by atoms with Crippen molar-refractivity contribution >= 4 is 11.6 Å². The molecule has 1 fully saturated rings. The first-order chi connectivity index (χ1) is 8.15. The van der Waals surface area contributed by atoms with Crippen molar-refractivity contribution in [2.75, 3.05) is 18.1 Å². The summed E-state index contributed by atoms with van der Waals surface area (Å²) < 4.78 is 13.4. The van der Waals surface area contributed by atoms with Crippen LogP contribution < -0.4 is 4.90 Å². The average molecular weight is 234 g/mol. The lowest BCUT2D eigenvalue weighted by molar-refractivity contribution is -0.117. The Kier molecular flexibility index (Phi) is 3.07. The fraction of sp³-hybridized carbons (Fsp3) is 0.333. The van der Waals surface area contributed by atoms with E-state index in [4.69, 9.17) is 10.4 Å². The molecule has 5 heteroatoms. The minimum atomic E-state index is -0.634. The van der Waals surface area contributed by atoms with Crippen LogP contribution in [0.25, 0.3) is 0 Å². The number of aliphatic hydroxyl groups is 1. The molecule has 1 aromatic carbocycles. The van der Waals surface area contributed by atoms with E-state index in [1.165, 1.54) is 17.0 Å². The van der Waals surface area contributed by atoms with Gasteiger partial charge in [-0.05, 0) is 18.2 Å². The fourth-order valence-corrected chi connectivity index (χ4v) is 1.92. The standard InChI is InChI=1S/C12H11FN2O2/c13-11-4-10(2-1-9(11)5-14)15-6-8(7-16)3-12(15)17/h1-2,4,8,16H,3,6-7H2. The van der Waals surface area contributed by atoms with Crippen LogP contribution in [0, 0.1) is 23.1 Å². The molecule has 1 atom stereocenters. The number of aliphatic hydroxyl groups excluding tert-OH is 1. The van der Waals surface area contributed by atoms with E-state index in [1.54, 1.807) is 12.1 Å². The molecule has 1 N–H and O–H groups in total. The Morgan fingerprint density at radius 2 is 2.35 bits per heavy atom. The third-order valence-corrected chi connectivity index (χ3v) is 2.85. The molecule has 0 spiro atoms. The van der Waals surface area contributed by atoms with E-state index in [0.717, 1.165) is 0 Å². The SMILES string of the molecule is N#Cc1ccc(N2CC(CO)CC2=O)cc1F. The Morgan fingerprint density at radius 3 is 2.88 bits per heavy atom. The summed E-state index contributed by atoms with van der Waals surface area (Å²) in [6, 6.07) is 5.79. The molecule has 1 aromatic rings. The summed E-state index contributed by atoms with van der Waals surface area (Å²) in [4.78, 5) is 13.1. The van der Waals surface area contributed by atoms with Crippen LogP contribution in [-0.2, 0) is 4.79 Å². The minimum absolute atomic E-state index is 0.0425. The first-order valence-electron chi connectivity index (χ1n) is 5.26. The molecule has 17 heavy (non-hydrogen) atoms. The second kappa shape index (κ2) is 4.52. The first-order valence-corrected chi connectivity index (χ1v) is 5.26. The summed E-state index contributed by atoms with van der Waals surface area (Å²) >= 11 is 0. The van der Waals surface area contributed by atoms with Gasteiger partial charge >= 0.3 is 0 Å². The molecule has 0 radical (unpaired) electrons. The van der Waals surface area contributed by atoms with Crippen LogP contribution in [-0.4, -0.2) is 24.2 Å². The summed E-state index contributed by atoms with van der Waals surface area (Å²) in [5, 5.41) is 17.6. The summed E-state index contributed by atoms with van der Waals surface area (Å²) in [6.45, 7) is 0.335. The van der Waals surface area contributed by atoms with Gasteiger partial charge in [-0.25, -0.2) is 4.39 Å². The molecule has 0 aliphatic carbocycles. The van der Waals surface area contributed by atoms with E-state index in [1.807, 2.05) is 0 Å². The van der Waals surface area contributed by atoms with Gasteiger partial charge < -0.3 is 10.0 Å². The normalized spacial score (nSPS) is 19.5. The first kappa shape index (κ1) is 11.6. The number of rotatable bonds is 2. The molecule has 1 unspecified atom stereocenters. The number of benzene rings is 1. The lowest BCUT2D eigenvalue weighted by Crippen LogP contribution is -2.25. The zero-order valence-electron chi connectivity index (χ0n) is 9.06. The molecule has 0 bridgehead atoms. The molecule has 1 saturated heterocycles. The van der Waals surface area contributed by atoms with Crippen molar-refractivity contribution in [2.45, 2.75) is 6.42 Å². The van der Waals surface area contributed by atoms with Gasteiger partial charge in [-0.1, -0.05) is 0 Å². The van der Waals surface area contributed by atoms with Crippen LogP contribution in [0.5, 0.6) is 0 Å². The quantitative estimate of drug-likeness (QED) is 0.831. The van der Waals surface area contributed by atoms with Crippen LogP contribution in [0.3, 0.4) is 0 Å². The van der Waals surface area contributed by atoms with Crippen LogP contribution in [0.2, 0.25) is 0 Å². The van der Waals surface area contributed by atoms with Crippen molar-refractivity contribution in [1.29, 1.82) is 5.26 Å². The zero-order valence-corrected chi connectivity index (χ0v) is 9.06. The monoisotopic (exact) mass is 234 g/mol. The third kappa shape index (κ3) is 2.12. The van der Waals surface area contributed by atoms with E-state index in [-0.39, 0.29) is 30.4 Å². The number of amides is 1. The molecule has 2 rings (SSSR count). The van der Waals surface area contributed by atoms with Crippen LogP contribution in [0.1, 0.15) is 12.0 Å². The van der Waals surface area contributed by atoms with Gasteiger partial charge in [-0.2, -0.15) is 5.26 Å².